The van der Waals surface area contributed by atoms with E-state index in [1.165, 1.54) is 4.68 Å². The quantitative estimate of drug-likeness (QED) is 0.354. The van der Waals surface area contributed by atoms with E-state index in [1.807, 2.05) is 78.9 Å². The molecule has 0 unspecified atom stereocenters. The molecule has 8 nitrogen and oxygen atoms in total. The molecule has 1 amide bonds. The van der Waals surface area contributed by atoms with Crippen molar-refractivity contribution in [1.82, 2.24) is 20.0 Å². The lowest BCUT2D eigenvalue weighted by molar-refractivity contribution is 0.0956. The predicted octanol–water partition coefficient (Wildman–Crippen LogP) is 4.03. The van der Waals surface area contributed by atoms with Crippen molar-refractivity contribution in [2.45, 2.75) is 6.42 Å². The van der Waals surface area contributed by atoms with Gasteiger partial charge in [0.25, 0.3) is 5.91 Å². The third kappa shape index (κ3) is 4.54. The molecule has 0 aliphatic rings. The summed E-state index contributed by atoms with van der Waals surface area (Å²) in [5.41, 5.74) is 10.9. The Kier molecular flexibility index (Phi) is 6.09. The van der Waals surface area contributed by atoms with Crippen molar-refractivity contribution in [1.29, 1.82) is 0 Å². The molecule has 3 N–H and O–H groups in total. The van der Waals surface area contributed by atoms with Crippen LogP contribution in [0.15, 0.2) is 84.0 Å². The van der Waals surface area contributed by atoms with Crippen molar-refractivity contribution in [2.75, 3.05) is 19.4 Å². The summed E-state index contributed by atoms with van der Waals surface area (Å²) >= 11 is 0. The second-order valence-electron chi connectivity index (χ2n) is 7.97. The van der Waals surface area contributed by atoms with Crippen LogP contribution in [0.25, 0.3) is 22.2 Å². The number of nitrogens with zero attached hydrogens (tertiary/aromatic N) is 4. The highest BCUT2D eigenvalue weighted by Crippen LogP contribution is 2.27. The van der Waals surface area contributed by atoms with Crippen molar-refractivity contribution in [3.05, 3.63) is 95.6 Å². The highest BCUT2D eigenvalue weighted by Gasteiger charge is 2.23. The zero-order valence-corrected chi connectivity index (χ0v) is 19.2. The third-order valence-corrected chi connectivity index (χ3v) is 5.68. The van der Waals surface area contributed by atoms with E-state index >= 15 is 0 Å². The zero-order chi connectivity index (χ0) is 24.2. The maximum atomic E-state index is 13.2. The van der Waals surface area contributed by atoms with Gasteiger partial charge in [-0.1, -0.05) is 54.6 Å². The summed E-state index contributed by atoms with van der Waals surface area (Å²) in [6.07, 6.45) is 2.34. The van der Waals surface area contributed by atoms with E-state index in [9.17, 15) is 4.79 Å². The molecule has 0 fully saturated rings. The monoisotopic (exact) mass is 464 g/mol. The average Bonchev–Trinajstić information content (AvgIpc) is 3.17. The first-order valence-corrected chi connectivity index (χ1v) is 11.2. The molecule has 174 valence electrons. The molecule has 8 heteroatoms. The van der Waals surface area contributed by atoms with E-state index in [1.54, 1.807) is 13.3 Å². The summed E-state index contributed by atoms with van der Waals surface area (Å²) in [4.78, 5) is 22.7. The maximum absolute atomic E-state index is 13.2. The van der Waals surface area contributed by atoms with Crippen molar-refractivity contribution in [3.63, 3.8) is 0 Å². The maximum Gasteiger partial charge on any atom is 0.257 e. The lowest BCUT2D eigenvalue weighted by atomic mass is 10.1. The highest BCUT2D eigenvalue weighted by molar-refractivity contribution is 6.10. The molecule has 0 saturated heterocycles. The average molecular weight is 465 g/mol. The Morgan fingerprint density at radius 3 is 2.40 bits per heavy atom. The number of ether oxygens (including phenoxy) is 1. The first kappa shape index (κ1) is 22.1. The fourth-order valence-corrected chi connectivity index (χ4v) is 3.85. The van der Waals surface area contributed by atoms with Gasteiger partial charge in [0.2, 0.25) is 0 Å². The van der Waals surface area contributed by atoms with Crippen molar-refractivity contribution in [2.24, 2.45) is 5.10 Å². The molecule has 0 aliphatic heterocycles. The lowest BCUT2D eigenvalue weighted by Gasteiger charge is -2.06. The van der Waals surface area contributed by atoms with Crippen LogP contribution < -0.4 is 15.8 Å². The Balaban J connectivity index is 1.48. The Labute approximate surface area is 202 Å². The largest absolute Gasteiger partial charge is 0.497 e. The number of amides is 1. The van der Waals surface area contributed by atoms with E-state index in [0.29, 0.717) is 35.2 Å². The van der Waals surface area contributed by atoms with E-state index in [0.717, 1.165) is 16.9 Å². The Morgan fingerprint density at radius 2 is 1.69 bits per heavy atom. The van der Waals surface area contributed by atoms with Gasteiger partial charge in [0, 0.05) is 6.54 Å². The summed E-state index contributed by atoms with van der Waals surface area (Å²) in [6.45, 7) is 0.436. The van der Waals surface area contributed by atoms with Gasteiger partial charge < -0.3 is 15.8 Å². The van der Waals surface area contributed by atoms with Gasteiger partial charge in [0.1, 0.15) is 22.6 Å². The Morgan fingerprint density at radius 1 is 1.00 bits per heavy atom. The zero-order valence-electron chi connectivity index (χ0n) is 19.2. The van der Waals surface area contributed by atoms with Gasteiger partial charge in [-0.25, -0.2) is 9.97 Å². The number of nitrogen functional groups attached to an aromatic ring is 1. The number of hydrogen-bond donors (Lipinski definition) is 2. The first-order chi connectivity index (χ1) is 17.1. The number of rotatable bonds is 7. The van der Waals surface area contributed by atoms with Crippen LogP contribution in [0.1, 0.15) is 21.5 Å². The van der Waals surface area contributed by atoms with E-state index in [2.05, 4.69) is 10.4 Å². The van der Waals surface area contributed by atoms with E-state index < -0.39 is 0 Å². The molecule has 5 rings (SSSR count). The number of aromatic nitrogens is 3. The summed E-state index contributed by atoms with van der Waals surface area (Å²) < 4.78 is 6.67. The van der Waals surface area contributed by atoms with Gasteiger partial charge in [0.15, 0.2) is 5.65 Å². The number of nitrogens with one attached hydrogen (secondary N) is 1. The Bertz CT molecular complexity index is 1520. The number of benzene rings is 3. The van der Waals surface area contributed by atoms with Gasteiger partial charge in [0.05, 0.1) is 24.4 Å². The number of carbonyl (C=O) groups is 1. The molecule has 2 heterocycles. The van der Waals surface area contributed by atoms with Gasteiger partial charge in [-0.3, -0.25) is 4.79 Å². The highest BCUT2D eigenvalue weighted by atomic mass is 16.5. The SMILES string of the molecule is COc1ccc(CCNC(=O)c2c(N)n(N=Cc3ccccc3)c3nc4ccccc4nc23)cc1. The summed E-state index contributed by atoms with van der Waals surface area (Å²) in [7, 11) is 1.63. The van der Waals surface area contributed by atoms with Crippen LogP contribution in [0, 0.1) is 0 Å². The third-order valence-electron chi connectivity index (χ3n) is 5.68. The second kappa shape index (κ2) is 9.64. The summed E-state index contributed by atoms with van der Waals surface area (Å²) in [5, 5.41) is 7.49. The summed E-state index contributed by atoms with van der Waals surface area (Å²) in [5.74, 6) is 0.656. The number of nitrogens with two attached hydrogens (primary N) is 1. The smallest absolute Gasteiger partial charge is 0.257 e. The van der Waals surface area contributed by atoms with Crippen LogP contribution in [0.4, 0.5) is 5.82 Å². The number of methoxy groups -OCH3 is 1. The molecule has 3 aromatic carbocycles. The number of fused-ring (bicyclic) bond motifs is 2. The standard InChI is InChI=1S/C27H24N6O2/c1-35-20-13-11-18(12-14-20)15-16-29-27(34)23-24-26(32-22-10-6-5-9-21(22)31-24)33(25(23)28)30-17-19-7-3-2-4-8-19/h2-14,17H,15-16,28H2,1H3,(H,29,34). The topological polar surface area (TPSA) is 107 Å². The van der Waals surface area contributed by atoms with Crippen LogP contribution >= 0.6 is 0 Å². The number of hydrogen-bond acceptors (Lipinski definition) is 6. The summed E-state index contributed by atoms with van der Waals surface area (Å²) in [6, 6.07) is 24.9. The molecule has 0 aliphatic carbocycles. The van der Waals surface area contributed by atoms with Crippen molar-refractivity contribution < 1.29 is 9.53 Å². The second-order valence-corrected chi connectivity index (χ2v) is 7.97. The Hall–Kier alpha value is -4.72. The molecule has 0 atom stereocenters. The number of anilines is 1. The van der Waals surface area contributed by atoms with E-state index in [-0.39, 0.29) is 17.3 Å². The number of carbonyl (C=O) groups excluding carboxylic acids is 1. The first-order valence-electron chi connectivity index (χ1n) is 11.2. The fourth-order valence-electron chi connectivity index (χ4n) is 3.85. The van der Waals surface area contributed by atoms with Crippen LogP contribution in [-0.4, -0.2) is 40.4 Å². The molecule has 0 bridgehead atoms. The fraction of sp³-hybridized carbons (Fsp3) is 0.111. The van der Waals surface area contributed by atoms with Crippen LogP contribution in [0.5, 0.6) is 5.75 Å². The minimum atomic E-state index is -0.320. The van der Waals surface area contributed by atoms with Crippen molar-refractivity contribution >= 4 is 40.1 Å². The minimum absolute atomic E-state index is 0.185. The number of para-hydroxylation sites is 2. The molecule has 35 heavy (non-hydrogen) atoms. The molecule has 0 radical (unpaired) electrons. The molecular weight excluding hydrogens is 440 g/mol. The normalized spacial score (nSPS) is 11.3. The van der Waals surface area contributed by atoms with Gasteiger partial charge in [-0.05, 0) is 41.8 Å². The van der Waals surface area contributed by atoms with E-state index in [4.69, 9.17) is 20.4 Å². The van der Waals surface area contributed by atoms with Gasteiger partial charge in [-0.2, -0.15) is 9.78 Å². The van der Waals surface area contributed by atoms with Crippen molar-refractivity contribution in [3.8, 4) is 5.75 Å². The predicted molar refractivity (Wildman–Crippen MR) is 138 cm³/mol. The van der Waals surface area contributed by atoms with Crippen LogP contribution in [0.2, 0.25) is 0 Å². The molecular formula is C27H24N6O2. The van der Waals surface area contributed by atoms with Gasteiger partial charge in [-0.15, -0.1) is 0 Å². The molecule has 5 aromatic rings. The molecule has 2 aromatic heterocycles. The van der Waals surface area contributed by atoms with Crippen LogP contribution in [-0.2, 0) is 6.42 Å². The minimum Gasteiger partial charge on any atom is -0.497 e. The molecule has 0 spiro atoms. The van der Waals surface area contributed by atoms with Gasteiger partial charge >= 0.3 is 0 Å². The van der Waals surface area contributed by atoms with Crippen LogP contribution in [0.3, 0.4) is 0 Å². The molecule has 0 saturated carbocycles. The lowest BCUT2D eigenvalue weighted by Crippen LogP contribution is -2.26.